The van der Waals surface area contributed by atoms with E-state index < -0.39 is 0 Å². The van der Waals surface area contributed by atoms with Gasteiger partial charge in [-0.2, -0.15) is 0 Å². The van der Waals surface area contributed by atoms with Gasteiger partial charge in [-0.05, 0) is 62.6 Å². The van der Waals surface area contributed by atoms with E-state index in [1.165, 1.54) is 32.3 Å². The van der Waals surface area contributed by atoms with Crippen molar-refractivity contribution in [3.63, 3.8) is 0 Å². The highest BCUT2D eigenvalue weighted by molar-refractivity contribution is 9.10. The van der Waals surface area contributed by atoms with Gasteiger partial charge >= 0.3 is 0 Å². The van der Waals surface area contributed by atoms with E-state index in [1.54, 1.807) is 0 Å². The van der Waals surface area contributed by atoms with E-state index in [2.05, 4.69) is 128 Å². The normalized spacial score (nSPS) is 11.9. The summed E-state index contributed by atoms with van der Waals surface area (Å²) in [5.41, 5.74) is 3.19. The van der Waals surface area contributed by atoms with Gasteiger partial charge in [0.1, 0.15) is 5.82 Å². The molecule has 1 aromatic heterocycles. The quantitative estimate of drug-likeness (QED) is 0.160. The lowest BCUT2D eigenvalue weighted by Gasteiger charge is -2.09. The third-order valence-electron chi connectivity index (χ3n) is 6.49. The Balaban J connectivity index is 1.70. The Labute approximate surface area is 206 Å². The molecule has 6 aromatic carbocycles. The van der Waals surface area contributed by atoms with Crippen LogP contribution in [0.25, 0.3) is 65.5 Å². The number of nitrogens with zero attached hydrogens (tertiary/aromatic N) is 1. The number of fused-ring (bicyclic) bond motifs is 8. The number of hydrogen-bond acceptors (Lipinski definition) is 1. The molecule has 0 aliphatic carbocycles. The van der Waals surface area contributed by atoms with Gasteiger partial charge in [-0.3, -0.25) is 0 Å². The number of H-pyrrole nitrogens is 1. The third-order valence-corrected chi connectivity index (χ3v) is 7.48. The topological polar surface area (TPSA) is 28.7 Å². The molecule has 0 amide bonds. The van der Waals surface area contributed by atoms with Gasteiger partial charge in [-0.15, -0.1) is 0 Å². The number of halogens is 2. The Morgan fingerprint density at radius 1 is 0.545 bits per heavy atom. The number of aromatic amines is 1. The number of imidazole rings is 1. The van der Waals surface area contributed by atoms with Crippen LogP contribution in [0.5, 0.6) is 0 Å². The van der Waals surface area contributed by atoms with Crippen LogP contribution < -0.4 is 0 Å². The molecule has 33 heavy (non-hydrogen) atoms. The first-order valence-electron chi connectivity index (χ1n) is 10.8. The molecule has 0 saturated carbocycles. The molecule has 4 heteroatoms. The van der Waals surface area contributed by atoms with Crippen LogP contribution in [0.1, 0.15) is 0 Å². The van der Waals surface area contributed by atoms with Crippen LogP contribution in [0.2, 0.25) is 0 Å². The van der Waals surface area contributed by atoms with E-state index in [-0.39, 0.29) is 0 Å². The zero-order valence-electron chi connectivity index (χ0n) is 17.4. The molecule has 0 saturated heterocycles. The van der Waals surface area contributed by atoms with Gasteiger partial charge in [0.2, 0.25) is 0 Å². The maximum Gasteiger partial charge on any atom is 0.139 e. The lowest BCUT2D eigenvalue weighted by molar-refractivity contribution is 1.36. The van der Waals surface area contributed by atoms with Crippen LogP contribution in [0.15, 0.2) is 99.9 Å². The molecule has 0 unspecified atom stereocenters. The molecule has 2 nitrogen and oxygen atoms in total. The monoisotopic (exact) mass is 550 g/mol. The Hall–Kier alpha value is -3.21. The van der Waals surface area contributed by atoms with Crippen LogP contribution in [0, 0.1) is 0 Å². The lowest BCUT2D eigenvalue weighted by atomic mass is 9.96. The molecule has 0 aliphatic heterocycles. The number of rotatable bonds is 1. The van der Waals surface area contributed by atoms with Gasteiger partial charge in [0.25, 0.3) is 0 Å². The Morgan fingerprint density at radius 3 is 1.79 bits per heavy atom. The van der Waals surface area contributed by atoms with Crippen LogP contribution in [0.3, 0.4) is 0 Å². The molecule has 0 bridgehead atoms. The summed E-state index contributed by atoms with van der Waals surface area (Å²) < 4.78 is 2.10. The highest BCUT2D eigenvalue weighted by atomic mass is 79.9. The van der Waals surface area contributed by atoms with Gasteiger partial charge < -0.3 is 4.98 Å². The van der Waals surface area contributed by atoms with Crippen LogP contribution >= 0.6 is 31.9 Å². The number of hydrogen-bond donors (Lipinski definition) is 1. The van der Waals surface area contributed by atoms with Crippen LogP contribution in [-0.4, -0.2) is 9.97 Å². The van der Waals surface area contributed by atoms with Crippen LogP contribution in [0.4, 0.5) is 0 Å². The predicted octanol–water partition coefficient (Wildman–Crippen LogP) is 9.37. The van der Waals surface area contributed by atoms with Crippen LogP contribution in [-0.2, 0) is 0 Å². The number of benzene rings is 6. The summed E-state index contributed by atoms with van der Waals surface area (Å²) in [6, 6.07) is 32.3. The van der Waals surface area contributed by atoms with Gasteiger partial charge in [-0.1, -0.05) is 92.5 Å². The summed E-state index contributed by atoms with van der Waals surface area (Å²) in [6.45, 7) is 0. The van der Waals surface area contributed by atoms with Gasteiger partial charge in [-0.25, -0.2) is 4.98 Å². The Kier molecular flexibility index (Phi) is 4.17. The summed E-state index contributed by atoms with van der Waals surface area (Å²) >= 11 is 7.33. The summed E-state index contributed by atoms with van der Waals surface area (Å²) in [6.07, 6.45) is 0. The molecule has 7 aromatic rings. The van der Waals surface area contributed by atoms with E-state index in [1.807, 2.05) is 0 Å². The summed E-state index contributed by atoms with van der Waals surface area (Å²) in [5.74, 6) is 0.895. The van der Waals surface area contributed by atoms with E-state index in [0.29, 0.717) is 0 Å². The minimum absolute atomic E-state index is 0.895. The highest BCUT2D eigenvalue weighted by Crippen LogP contribution is 2.40. The minimum atomic E-state index is 0.895. The third kappa shape index (κ3) is 2.87. The van der Waals surface area contributed by atoms with Crippen molar-refractivity contribution in [2.75, 3.05) is 0 Å². The standard InChI is InChI=1S/C29H16Br2N2/c30-18-9-11-22-23-12-10-19(31)15-25(23)28-27(24(22)14-18)32-29(33-28)26-20-7-3-1-5-16(20)13-17-6-2-4-8-21(17)26/h1-15H,(H,32,33). The molecule has 0 fully saturated rings. The van der Waals surface area contributed by atoms with Crippen molar-refractivity contribution in [1.29, 1.82) is 0 Å². The van der Waals surface area contributed by atoms with Crippen molar-refractivity contribution in [3.05, 3.63) is 99.9 Å². The van der Waals surface area contributed by atoms with Crippen molar-refractivity contribution in [1.82, 2.24) is 9.97 Å². The fourth-order valence-electron chi connectivity index (χ4n) is 5.06. The maximum atomic E-state index is 5.24. The Morgan fingerprint density at radius 2 is 1.12 bits per heavy atom. The molecule has 1 N–H and O–H groups in total. The number of aromatic nitrogens is 2. The fourth-order valence-corrected chi connectivity index (χ4v) is 5.78. The second-order valence-corrected chi connectivity index (χ2v) is 10.2. The van der Waals surface area contributed by atoms with Crippen molar-refractivity contribution in [2.24, 2.45) is 0 Å². The molecule has 0 atom stereocenters. The minimum Gasteiger partial charge on any atom is -0.337 e. The number of nitrogens with one attached hydrogen (secondary N) is 1. The summed E-state index contributed by atoms with van der Waals surface area (Å²) in [7, 11) is 0. The van der Waals surface area contributed by atoms with Crippen molar-refractivity contribution in [3.8, 4) is 11.4 Å². The largest absolute Gasteiger partial charge is 0.337 e. The molecule has 1 heterocycles. The first-order chi connectivity index (χ1) is 16.2. The first kappa shape index (κ1) is 19.3. The van der Waals surface area contributed by atoms with Gasteiger partial charge in [0.05, 0.1) is 11.0 Å². The van der Waals surface area contributed by atoms with E-state index in [4.69, 9.17) is 4.98 Å². The Bertz CT molecular complexity index is 1770. The molecular weight excluding hydrogens is 536 g/mol. The van der Waals surface area contributed by atoms with Crippen molar-refractivity contribution >= 4 is 86.0 Å². The second kappa shape index (κ2) is 7.14. The second-order valence-electron chi connectivity index (χ2n) is 8.38. The average molecular weight is 552 g/mol. The smallest absolute Gasteiger partial charge is 0.139 e. The fraction of sp³-hybridized carbons (Fsp3) is 0. The molecule has 0 radical (unpaired) electrons. The molecule has 0 spiro atoms. The molecule has 7 rings (SSSR count). The van der Waals surface area contributed by atoms with Gasteiger partial charge in [0.15, 0.2) is 0 Å². The zero-order valence-corrected chi connectivity index (χ0v) is 20.5. The summed E-state index contributed by atoms with van der Waals surface area (Å²) in [4.78, 5) is 8.97. The molecular formula is C29H16Br2N2. The van der Waals surface area contributed by atoms with Crippen molar-refractivity contribution < 1.29 is 0 Å². The lowest BCUT2D eigenvalue weighted by Crippen LogP contribution is -1.87. The average Bonchev–Trinajstić information content (AvgIpc) is 3.28. The van der Waals surface area contributed by atoms with E-state index >= 15 is 0 Å². The predicted molar refractivity (Wildman–Crippen MR) is 147 cm³/mol. The van der Waals surface area contributed by atoms with Gasteiger partial charge in [0, 0.05) is 25.3 Å². The summed E-state index contributed by atoms with van der Waals surface area (Å²) in [5, 5.41) is 9.55. The SMILES string of the molecule is Brc1ccc2c3ccc(Br)cc3c3[nH]c(-c4c5ccccc5cc5ccccc45)nc3c2c1. The van der Waals surface area contributed by atoms with E-state index in [9.17, 15) is 0 Å². The maximum absolute atomic E-state index is 5.24. The highest BCUT2D eigenvalue weighted by Gasteiger charge is 2.17. The van der Waals surface area contributed by atoms with E-state index in [0.717, 1.165) is 42.1 Å². The molecule has 156 valence electrons. The first-order valence-corrected chi connectivity index (χ1v) is 12.4. The van der Waals surface area contributed by atoms with Crippen molar-refractivity contribution in [2.45, 2.75) is 0 Å². The zero-order chi connectivity index (χ0) is 22.1. The molecule has 0 aliphatic rings.